The number of carbonyl (C=O) groups is 3. The average molecular weight is 446 g/mol. The van der Waals surface area contributed by atoms with Gasteiger partial charge in [0.05, 0.1) is 17.0 Å². The van der Waals surface area contributed by atoms with E-state index in [1.165, 1.54) is 11.8 Å². The molecule has 4 rings (SSSR count). The number of benzene rings is 2. The number of esters is 1. The van der Waals surface area contributed by atoms with E-state index in [4.69, 9.17) is 16.3 Å². The van der Waals surface area contributed by atoms with Crippen molar-refractivity contribution in [2.24, 2.45) is 0 Å². The number of hydrogen-bond acceptors (Lipinski definition) is 6. The lowest BCUT2D eigenvalue weighted by Gasteiger charge is -2.36. The fourth-order valence-electron chi connectivity index (χ4n) is 3.40. The molecule has 2 amide bonds. The summed E-state index contributed by atoms with van der Waals surface area (Å²) >= 11 is 7.47. The molecule has 0 spiro atoms. The Bertz CT molecular complexity index is 992. The van der Waals surface area contributed by atoms with Crippen molar-refractivity contribution in [1.29, 1.82) is 0 Å². The minimum absolute atomic E-state index is 0.106. The number of rotatable bonds is 4. The summed E-state index contributed by atoms with van der Waals surface area (Å²) in [6.07, 6.45) is 0. The maximum Gasteiger partial charge on any atom is 0.338 e. The molecule has 1 fully saturated rings. The number of amides is 2. The van der Waals surface area contributed by atoms with Gasteiger partial charge in [-0.15, -0.1) is 11.8 Å². The molecule has 2 aliphatic heterocycles. The van der Waals surface area contributed by atoms with Crippen molar-refractivity contribution < 1.29 is 19.1 Å². The number of carbonyl (C=O) groups excluding carboxylic acids is 3. The summed E-state index contributed by atoms with van der Waals surface area (Å²) in [5, 5.41) is 3.42. The number of ether oxygens (including phenoxy) is 1. The zero-order chi connectivity index (χ0) is 21.1. The predicted molar refractivity (Wildman–Crippen MR) is 116 cm³/mol. The Morgan fingerprint density at radius 1 is 1.10 bits per heavy atom. The van der Waals surface area contributed by atoms with Crippen molar-refractivity contribution >= 4 is 52.5 Å². The predicted octanol–water partition coefficient (Wildman–Crippen LogP) is 2.89. The first kappa shape index (κ1) is 20.6. The number of thioether (sulfide) groups is 1. The van der Waals surface area contributed by atoms with Crippen LogP contribution in [0.4, 0.5) is 11.4 Å². The van der Waals surface area contributed by atoms with Crippen LogP contribution >= 0.6 is 23.4 Å². The monoisotopic (exact) mass is 445 g/mol. The smallest absolute Gasteiger partial charge is 0.338 e. The van der Waals surface area contributed by atoms with E-state index in [1.807, 2.05) is 24.3 Å². The van der Waals surface area contributed by atoms with Crippen LogP contribution in [0.1, 0.15) is 10.4 Å². The first-order valence-electron chi connectivity index (χ1n) is 9.52. The van der Waals surface area contributed by atoms with E-state index in [-0.39, 0.29) is 18.4 Å². The number of nitrogens with zero attached hydrogens (tertiary/aromatic N) is 2. The second-order valence-corrected chi connectivity index (χ2v) is 8.43. The van der Waals surface area contributed by atoms with Crippen molar-refractivity contribution in [3.8, 4) is 0 Å². The third-order valence-electron chi connectivity index (χ3n) is 4.98. The zero-order valence-corrected chi connectivity index (χ0v) is 17.7. The highest BCUT2D eigenvalue weighted by atomic mass is 35.5. The molecule has 0 atom stereocenters. The Morgan fingerprint density at radius 3 is 2.67 bits per heavy atom. The molecular weight excluding hydrogens is 426 g/mol. The van der Waals surface area contributed by atoms with Gasteiger partial charge in [0.15, 0.2) is 6.61 Å². The van der Waals surface area contributed by atoms with Gasteiger partial charge in [0, 0.05) is 41.8 Å². The first-order chi connectivity index (χ1) is 14.5. The number of piperazine rings is 1. The molecule has 7 nitrogen and oxygen atoms in total. The van der Waals surface area contributed by atoms with Gasteiger partial charge in [-0.05, 0) is 36.4 Å². The van der Waals surface area contributed by atoms with Crippen LogP contribution in [-0.2, 0) is 14.3 Å². The molecule has 1 N–H and O–H groups in total. The van der Waals surface area contributed by atoms with Crippen LogP contribution in [-0.4, -0.2) is 61.2 Å². The molecular formula is C21H20ClN3O4S. The maximum atomic E-state index is 12.5. The third kappa shape index (κ3) is 4.71. The number of nitrogens with one attached hydrogen (secondary N) is 1. The van der Waals surface area contributed by atoms with E-state index in [9.17, 15) is 14.4 Å². The van der Waals surface area contributed by atoms with Gasteiger partial charge in [-0.3, -0.25) is 9.59 Å². The molecule has 0 saturated carbocycles. The highest BCUT2D eigenvalue weighted by Gasteiger charge is 2.23. The summed E-state index contributed by atoms with van der Waals surface area (Å²) in [5.74, 6) is -0.565. The molecule has 2 aromatic rings. The molecule has 0 aliphatic carbocycles. The zero-order valence-electron chi connectivity index (χ0n) is 16.1. The Hall–Kier alpha value is -2.71. The van der Waals surface area contributed by atoms with Gasteiger partial charge in [0.25, 0.3) is 5.91 Å². The fraction of sp³-hybridized carbons (Fsp3) is 0.286. The van der Waals surface area contributed by atoms with Crippen LogP contribution in [0.25, 0.3) is 0 Å². The largest absolute Gasteiger partial charge is 0.452 e. The Kier molecular flexibility index (Phi) is 6.15. The molecule has 2 aromatic carbocycles. The summed E-state index contributed by atoms with van der Waals surface area (Å²) in [6, 6.07) is 12.6. The van der Waals surface area contributed by atoms with Gasteiger partial charge in [0.2, 0.25) is 5.91 Å². The van der Waals surface area contributed by atoms with Gasteiger partial charge >= 0.3 is 5.97 Å². The normalized spacial score (nSPS) is 16.0. The van der Waals surface area contributed by atoms with E-state index in [0.29, 0.717) is 48.2 Å². The lowest BCUT2D eigenvalue weighted by molar-refractivity contribution is -0.134. The highest BCUT2D eigenvalue weighted by molar-refractivity contribution is 8.00. The standard InChI is InChI=1S/C21H20ClN3O4S/c22-15-2-1-3-16(11-15)24-6-8-25(9-7-24)20(27)12-29-21(28)14-4-5-18-17(10-14)23-19(26)13-30-18/h1-5,10-11H,6-9,12-13H2,(H,23,26). The number of halogens is 1. The van der Waals surface area contributed by atoms with Gasteiger partial charge < -0.3 is 19.9 Å². The number of hydrogen-bond donors (Lipinski definition) is 1. The van der Waals surface area contributed by atoms with E-state index in [2.05, 4.69) is 10.2 Å². The van der Waals surface area contributed by atoms with Gasteiger partial charge in [-0.25, -0.2) is 4.79 Å². The first-order valence-corrected chi connectivity index (χ1v) is 10.9. The van der Waals surface area contributed by atoms with Gasteiger partial charge in [-0.1, -0.05) is 17.7 Å². The molecule has 0 unspecified atom stereocenters. The molecule has 0 bridgehead atoms. The highest BCUT2D eigenvalue weighted by Crippen LogP contribution is 2.32. The topological polar surface area (TPSA) is 79.0 Å². The Labute approximate surface area is 183 Å². The molecule has 156 valence electrons. The summed E-state index contributed by atoms with van der Waals surface area (Å²) < 4.78 is 5.21. The average Bonchev–Trinajstić information content (AvgIpc) is 2.76. The summed E-state index contributed by atoms with van der Waals surface area (Å²) in [6.45, 7) is 2.15. The van der Waals surface area contributed by atoms with E-state index < -0.39 is 5.97 Å². The Balaban J connectivity index is 1.28. The van der Waals surface area contributed by atoms with Crippen molar-refractivity contribution in [2.45, 2.75) is 4.90 Å². The lowest BCUT2D eigenvalue weighted by atomic mass is 10.2. The maximum absolute atomic E-state index is 12.5. The van der Waals surface area contributed by atoms with Crippen molar-refractivity contribution in [3.05, 3.63) is 53.1 Å². The SMILES string of the molecule is O=C1CSc2ccc(C(=O)OCC(=O)N3CCN(c4cccc(Cl)c4)CC3)cc2N1. The van der Waals surface area contributed by atoms with Crippen LogP contribution in [0, 0.1) is 0 Å². The van der Waals surface area contributed by atoms with Crippen LogP contribution in [0.3, 0.4) is 0 Å². The van der Waals surface area contributed by atoms with Crippen LogP contribution in [0.15, 0.2) is 47.4 Å². The van der Waals surface area contributed by atoms with E-state index in [0.717, 1.165) is 10.6 Å². The molecule has 30 heavy (non-hydrogen) atoms. The molecule has 0 aromatic heterocycles. The van der Waals surface area contributed by atoms with Crippen molar-refractivity contribution in [2.75, 3.05) is 48.8 Å². The number of fused-ring (bicyclic) bond motifs is 1. The van der Waals surface area contributed by atoms with E-state index >= 15 is 0 Å². The van der Waals surface area contributed by atoms with Crippen LogP contribution in [0.5, 0.6) is 0 Å². The molecule has 9 heteroatoms. The molecule has 0 radical (unpaired) electrons. The van der Waals surface area contributed by atoms with E-state index in [1.54, 1.807) is 23.1 Å². The minimum atomic E-state index is -0.589. The van der Waals surface area contributed by atoms with Gasteiger partial charge in [0.1, 0.15) is 0 Å². The second-order valence-electron chi connectivity index (χ2n) is 6.97. The van der Waals surface area contributed by atoms with Crippen LogP contribution < -0.4 is 10.2 Å². The third-order valence-corrected chi connectivity index (χ3v) is 6.29. The Morgan fingerprint density at radius 2 is 1.90 bits per heavy atom. The van der Waals surface area contributed by atoms with Crippen molar-refractivity contribution in [3.63, 3.8) is 0 Å². The van der Waals surface area contributed by atoms with Gasteiger partial charge in [-0.2, -0.15) is 0 Å². The van der Waals surface area contributed by atoms with Crippen LogP contribution in [0.2, 0.25) is 5.02 Å². The summed E-state index contributed by atoms with van der Waals surface area (Å²) in [7, 11) is 0. The number of anilines is 2. The summed E-state index contributed by atoms with van der Waals surface area (Å²) in [5.41, 5.74) is 1.92. The quantitative estimate of drug-likeness (QED) is 0.729. The van der Waals surface area contributed by atoms with Crippen molar-refractivity contribution in [1.82, 2.24) is 4.90 Å². The molecule has 1 saturated heterocycles. The molecule has 2 aliphatic rings. The summed E-state index contributed by atoms with van der Waals surface area (Å²) in [4.78, 5) is 41.1. The fourth-order valence-corrected chi connectivity index (χ4v) is 4.37. The minimum Gasteiger partial charge on any atom is -0.452 e. The molecule has 2 heterocycles. The second kappa shape index (κ2) is 8.97. The lowest BCUT2D eigenvalue weighted by Crippen LogP contribution is -2.49.